The van der Waals surface area contributed by atoms with Gasteiger partial charge in [0.25, 0.3) is 0 Å². The molecule has 0 radical (unpaired) electrons. The first kappa shape index (κ1) is 12.5. The second-order valence-electron chi connectivity index (χ2n) is 4.48. The van der Waals surface area contributed by atoms with Gasteiger partial charge < -0.3 is 9.47 Å². The van der Waals surface area contributed by atoms with E-state index < -0.39 is 0 Å². The van der Waals surface area contributed by atoms with Crippen LogP contribution in [0.5, 0.6) is 11.5 Å². The van der Waals surface area contributed by atoms with Gasteiger partial charge in [-0.05, 0) is 49.4 Å². The van der Waals surface area contributed by atoms with E-state index in [2.05, 4.69) is 6.58 Å². The zero-order chi connectivity index (χ0) is 13.0. The van der Waals surface area contributed by atoms with E-state index in [1.54, 1.807) is 7.11 Å². The van der Waals surface area contributed by atoms with Gasteiger partial charge in [-0.1, -0.05) is 6.58 Å². The van der Waals surface area contributed by atoms with Gasteiger partial charge in [0, 0.05) is 0 Å². The van der Waals surface area contributed by atoms with Gasteiger partial charge in [-0.15, -0.1) is 0 Å². The molecule has 0 heterocycles. The summed E-state index contributed by atoms with van der Waals surface area (Å²) in [5, 5.41) is 8.87. The number of ether oxygens (including phenoxy) is 2. The molecule has 0 bridgehead atoms. The maximum Gasteiger partial charge on any atom is 0.162 e. The first-order chi connectivity index (χ1) is 8.74. The van der Waals surface area contributed by atoms with Crippen LogP contribution in [-0.4, -0.2) is 13.2 Å². The van der Waals surface area contributed by atoms with Crippen LogP contribution in [-0.2, 0) is 0 Å². The minimum absolute atomic E-state index is 0.268. The van der Waals surface area contributed by atoms with Crippen molar-refractivity contribution in [3.05, 3.63) is 30.3 Å². The highest BCUT2D eigenvalue weighted by molar-refractivity contribution is 5.76. The molecule has 0 unspecified atom stereocenters. The Hall–Kier alpha value is -1.95. The lowest BCUT2D eigenvalue weighted by Crippen LogP contribution is -2.11. The number of allylic oxidation sites excluding steroid dienone is 1. The normalized spacial score (nSPS) is 15.1. The number of rotatable bonds is 4. The van der Waals surface area contributed by atoms with Crippen molar-refractivity contribution in [2.75, 3.05) is 7.11 Å². The Kier molecular flexibility index (Phi) is 3.88. The lowest BCUT2D eigenvalue weighted by Gasteiger charge is -2.16. The van der Waals surface area contributed by atoms with E-state index in [1.165, 1.54) is 12.8 Å². The number of hydrogen-bond donors (Lipinski definition) is 0. The second kappa shape index (κ2) is 5.59. The van der Waals surface area contributed by atoms with E-state index >= 15 is 0 Å². The lowest BCUT2D eigenvalue weighted by atomic mass is 10.1. The third kappa shape index (κ3) is 2.65. The fourth-order valence-electron chi connectivity index (χ4n) is 2.21. The summed E-state index contributed by atoms with van der Waals surface area (Å²) >= 11 is 0. The van der Waals surface area contributed by atoms with Crippen LogP contribution in [0.4, 0.5) is 0 Å². The highest BCUT2D eigenvalue weighted by atomic mass is 16.5. The van der Waals surface area contributed by atoms with E-state index in [1.807, 2.05) is 24.3 Å². The molecule has 0 spiro atoms. The molecule has 0 saturated heterocycles. The van der Waals surface area contributed by atoms with E-state index in [-0.39, 0.29) is 6.10 Å². The highest BCUT2D eigenvalue weighted by Crippen LogP contribution is 2.33. The summed E-state index contributed by atoms with van der Waals surface area (Å²) in [4.78, 5) is 0. The fourth-order valence-corrected chi connectivity index (χ4v) is 2.21. The predicted octanol–water partition coefficient (Wildman–Crippen LogP) is 3.55. The number of nitriles is 1. The van der Waals surface area contributed by atoms with Crippen molar-refractivity contribution in [3.63, 3.8) is 0 Å². The Labute approximate surface area is 108 Å². The third-order valence-electron chi connectivity index (χ3n) is 3.24. The number of hydrogen-bond acceptors (Lipinski definition) is 3. The van der Waals surface area contributed by atoms with Crippen molar-refractivity contribution in [1.29, 1.82) is 5.26 Å². The largest absolute Gasteiger partial charge is 0.493 e. The molecular formula is C15H17NO2. The molecule has 1 aliphatic carbocycles. The molecule has 0 amide bonds. The van der Waals surface area contributed by atoms with Crippen LogP contribution in [0.25, 0.3) is 5.57 Å². The molecule has 2 rings (SSSR count). The van der Waals surface area contributed by atoms with Gasteiger partial charge in [-0.25, -0.2) is 0 Å². The van der Waals surface area contributed by atoms with Crippen molar-refractivity contribution in [2.45, 2.75) is 31.8 Å². The van der Waals surface area contributed by atoms with Crippen LogP contribution in [0.2, 0.25) is 0 Å². The molecular weight excluding hydrogens is 226 g/mol. The minimum atomic E-state index is 0.268. The topological polar surface area (TPSA) is 42.2 Å². The molecule has 0 aromatic heterocycles. The highest BCUT2D eigenvalue weighted by Gasteiger charge is 2.18. The van der Waals surface area contributed by atoms with Gasteiger partial charge in [-0.2, -0.15) is 5.26 Å². The molecule has 3 heteroatoms. The first-order valence-electron chi connectivity index (χ1n) is 6.18. The van der Waals surface area contributed by atoms with Crippen LogP contribution in [0.3, 0.4) is 0 Å². The lowest BCUT2D eigenvalue weighted by molar-refractivity contribution is 0.201. The van der Waals surface area contributed by atoms with Crippen LogP contribution < -0.4 is 9.47 Å². The zero-order valence-corrected chi connectivity index (χ0v) is 10.6. The van der Waals surface area contributed by atoms with Crippen LogP contribution in [0, 0.1) is 11.3 Å². The summed E-state index contributed by atoms with van der Waals surface area (Å²) < 4.78 is 11.2. The van der Waals surface area contributed by atoms with E-state index in [0.717, 1.165) is 18.4 Å². The van der Waals surface area contributed by atoms with Gasteiger partial charge in [0.05, 0.1) is 24.9 Å². The number of methoxy groups -OCH3 is 1. The molecule has 1 aromatic carbocycles. The molecule has 18 heavy (non-hydrogen) atoms. The smallest absolute Gasteiger partial charge is 0.162 e. The van der Waals surface area contributed by atoms with Crippen LogP contribution in [0.1, 0.15) is 31.2 Å². The summed E-state index contributed by atoms with van der Waals surface area (Å²) in [6.07, 6.45) is 4.89. The standard InChI is InChI=1S/C15H17NO2/c1-11(10-16)12-7-8-14(17-2)15(9-12)18-13-5-3-4-6-13/h7-9,13H,1,3-6H2,2H3. The van der Waals surface area contributed by atoms with Crippen molar-refractivity contribution >= 4 is 5.57 Å². The Balaban J connectivity index is 2.24. The summed E-state index contributed by atoms with van der Waals surface area (Å²) in [7, 11) is 1.62. The average molecular weight is 243 g/mol. The van der Waals surface area contributed by atoms with Gasteiger partial charge in [-0.3, -0.25) is 0 Å². The van der Waals surface area contributed by atoms with E-state index in [9.17, 15) is 0 Å². The summed E-state index contributed by atoms with van der Waals surface area (Å²) in [6.45, 7) is 3.71. The molecule has 1 aliphatic rings. The maximum atomic E-state index is 8.87. The number of nitrogens with zero attached hydrogens (tertiary/aromatic N) is 1. The van der Waals surface area contributed by atoms with Gasteiger partial charge in [0.15, 0.2) is 11.5 Å². The molecule has 0 atom stereocenters. The summed E-state index contributed by atoms with van der Waals surface area (Å²) in [5.41, 5.74) is 1.22. The SMILES string of the molecule is C=C(C#N)c1ccc(OC)c(OC2CCCC2)c1. The second-order valence-corrected chi connectivity index (χ2v) is 4.48. The predicted molar refractivity (Wildman–Crippen MR) is 70.5 cm³/mol. The molecule has 0 aliphatic heterocycles. The molecule has 0 N–H and O–H groups in total. The molecule has 1 fully saturated rings. The van der Waals surface area contributed by atoms with Crippen molar-refractivity contribution in [3.8, 4) is 17.6 Å². The number of benzene rings is 1. The monoisotopic (exact) mass is 243 g/mol. The summed E-state index contributed by atoms with van der Waals surface area (Å²) in [6, 6.07) is 7.53. The Morgan fingerprint density at radius 2 is 2.06 bits per heavy atom. The van der Waals surface area contributed by atoms with E-state index in [4.69, 9.17) is 14.7 Å². The zero-order valence-electron chi connectivity index (χ0n) is 10.6. The quantitative estimate of drug-likeness (QED) is 0.759. The maximum absolute atomic E-state index is 8.87. The van der Waals surface area contributed by atoms with Gasteiger partial charge >= 0.3 is 0 Å². The van der Waals surface area contributed by atoms with Crippen molar-refractivity contribution in [2.24, 2.45) is 0 Å². The van der Waals surface area contributed by atoms with Crippen molar-refractivity contribution in [1.82, 2.24) is 0 Å². The van der Waals surface area contributed by atoms with Gasteiger partial charge in [0.1, 0.15) is 0 Å². The van der Waals surface area contributed by atoms with Crippen LogP contribution in [0.15, 0.2) is 24.8 Å². The Bertz CT molecular complexity index is 482. The molecule has 1 saturated carbocycles. The molecule has 3 nitrogen and oxygen atoms in total. The average Bonchev–Trinajstić information content (AvgIpc) is 2.90. The van der Waals surface area contributed by atoms with Crippen LogP contribution >= 0.6 is 0 Å². The third-order valence-corrected chi connectivity index (χ3v) is 3.24. The minimum Gasteiger partial charge on any atom is -0.493 e. The van der Waals surface area contributed by atoms with Gasteiger partial charge in [0.2, 0.25) is 0 Å². The Morgan fingerprint density at radius 1 is 1.33 bits per heavy atom. The van der Waals surface area contributed by atoms with Crippen molar-refractivity contribution < 1.29 is 9.47 Å². The Morgan fingerprint density at radius 3 is 2.67 bits per heavy atom. The van der Waals surface area contributed by atoms with E-state index in [0.29, 0.717) is 17.1 Å². The molecule has 94 valence electrons. The first-order valence-corrected chi connectivity index (χ1v) is 6.18. The summed E-state index contributed by atoms with van der Waals surface area (Å²) in [5.74, 6) is 1.41. The molecule has 1 aromatic rings. The fraction of sp³-hybridized carbons (Fsp3) is 0.400.